The summed E-state index contributed by atoms with van der Waals surface area (Å²) in [6, 6.07) is 10.1. The number of thioether (sulfide) groups is 1. The van der Waals surface area contributed by atoms with Gasteiger partial charge in [-0.1, -0.05) is 11.6 Å². The minimum absolute atomic E-state index is 0.117. The molecule has 0 saturated heterocycles. The molecule has 22 heavy (non-hydrogen) atoms. The van der Waals surface area contributed by atoms with Crippen molar-refractivity contribution in [2.45, 2.75) is 9.79 Å². The van der Waals surface area contributed by atoms with Gasteiger partial charge in [-0.25, -0.2) is 8.42 Å². The highest BCUT2D eigenvalue weighted by Crippen LogP contribution is 2.28. The fourth-order valence-electron chi connectivity index (χ4n) is 1.67. The van der Waals surface area contributed by atoms with Gasteiger partial charge >= 0.3 is 0 Å². The highest BCUT2D eigenvalue weighted by atomic mass is 35.5. The summed E-state index contributed by atoms with van der Waals surface area (Å²) in [5, 5.41) is 10.7. The molecule has 2 aromatic carbocycles. The molecule has 0 saturated carbocycles. The van der Waals surface area contributed by atoms with Crippen LogP contribution < -0.4 is 4.72 Å². The second-order valence-corrected chi connectivity index (χ2v) is 7.17. The summed E-state index contributed by atoms with van der Waals surface area (Å²) in [5.41, 5.74) is -0.0855. The molecule has 0 aliphatic heterocycles. The normalized spacial score (nSPS) is 11.2. The molecule has 0 radical (unpaired) electrons. The molecule has 0 aliphatic rings. The monoisotopic (exact) mass is 358 g/mol. The Bertz CT molecular complexity index is 807. The zero-order chi connectivity index (χ0) is 16.3. The van der Waals surface area contributed by atoms with Gasteiger partial charge in [0.15, 0.2) is 0 Å². The maximum absolute atomic E-state index is 12.3. The Morgan fingerprint density at radius 2 is 1.82 bits per heavy atom. The topological polar surface area (TPSA) is 89.3 Å². The van der Waals surface area contributed by atoms with E-state index in [-0.39, 0.29) is 9.92 Å². The summed E-state index contributed by atoms with van der Waals surface area (Å²) in [5.74, 6) is 0. The second-order valence-electron chi connectivity index (χ2n) is 4.20. The SMILES string of the molecule is CSc1ccc(NS(=O)(=O)c2ccc(Cl)c([N+](=O)[O-])c2)cc1. The molecule has 0 fully saturated rings. The summed E-state index contributed by atoms with van der Waals surface area (Å²) in [7, 11) is -3.93. The quantitative estimate of drug-likeness (QED) is 0.499. The van der Waals surface area contributed by atoms with Crippen LogP contribution in [0.2, 0.25) is 5.02 Å². The van der Waals surface area contributed by atoms with Gasteiger partial charge in [-0.3, -0.25) is 14.8 Å². The lowest BCUT2D eigenvalue weighted by atomic mass is 10.3. The molecule has 0 aliphatic carbocycles. The molecule has 0 heterocycles. The molecule has 0 amide bonds. The number of hydrogen-bond acceptors (Lipinski definition) is 5. The average molecular weight is 359 g/mol. The maximum Gasteiger partial charge on any atom is 0.289 e. The lowest BCUT2D eigenvalue weighted by Gasteiger charge is -2.08. The number of benzene rings is 2. The lowest BCUT2D eigenvalue weighted by molar-refractivity contribution is -0.384. The number of nitrogens with zero attached hydrogens (tertiary/aromatic N) is 1. The molecule has 0 atom stereocenters. The van der Waals surface area contributed by atoms with Crippen molar-refractivity contribution in [3.05, 3.63) is 57.6 Å². The number of nitro groups is 1. The number of anilines is 1. The zero-order valence-corrected chi connectivity index (χ0v) is 13.7. The molecule has 2 aromatic rings. The smallest absolute Gasteiger partial charge is 0.280 e. The molecule has 0 unspecified atom stereocenters. The van der Waals surface area contributed by atoms with Gasteiger partial charge in [0.25, 0.3) is 15.7 Å². The molecule has 6 nitrogen and oxygen atoms in total. The number of rotatable bonds is 5. The molecule has 116 valence electrons. The first-order valence-corrected chi connectivity index (χ1v) is 9.03. The van der Waals surface area contributed by atoms with Crippen molar-refractivity contribution in [1.82, 2.24) is 0 Å². The molecule has 0 aromatic heterocycles. The summed E-state index contributed by atoms with van der Waals surface area (Å²) < 4.78 is 26.9. The van der Waals surface area contributed by atoms with Gasteiger partial charge in [0.2, 0.25) is 0 Å². The maximum atomic E-state index is 12.3. The highest BCUT2D eigenvalue weighted by Gasteiger charge is 2.20. The van der Waals surface area contributed by atoms with Crippen LogP contribution in [0.25, 0.3) is 0 Å². The van der Waals surface area contributed by atoms with E-state index >= 15 is 0 Å². The second kappa shape index (κ2) is 6.55. The van der Waals surface area contributed by atoms with Crippen molar-refractivity contribution in [1.29, 1.82) is 0 Å². The number of nitrogens with one attached hydrogen (secondary N) is 1. The van der Waals surface area contributed by atoms with Crippen molar-refractivity contribution in [3.63, 3.8) is 0 Å². The fraction of sp³-hybridized carbons (Fsp3) is 0.0769. The first kappa shape index (κ1) is 16.6. The largest absolute Gasteiger partial charge is 0.289 e. The van der Waals surface area contributed by atoms with Gasteiger partial charge in [0.05, 0.1) is 9.82 Å². The number of halogens is 1. The number of nitro benzene ring substituents is 1. The Kier molecular flexibility index (Phi) is 4.94. The zero-order valence-electron chi connectivity index (χ0n) is 11.3. The Morgan fingerprint density at radius 1 is 1.18 bits per heavy atom. The summed E-state index contributed by atoms with van der Waals surface area (Å²) in [4.78, 5) is 10.9. The minimum atomic E-state index is -3.93. The van der Waals surface area contributed by atoms with Gasteiger partial charge in [-0.05, 0) is 42.7 Å². The van der Waals surface area contributed by atoms with Crippen LogP contribution in [0.15, 0.2) is 52.3 Å². The number of hydrogen-bond donors (Lipinski definition) is 1. The highest BCUT2D eigenvalue weighted by molar-refractivity contribution is 7.98. The molecule has 0 bridgehead atoms. The predicted octanol–water partition coefficient (Wildman–Crippen LogP) is 3.77. The predicted molar refractivity (Wildman–Crippen MR) is 87.1 cm³/mol. The third-order valence-electron chi connectivity index (χ3n) is 2.77. The Hall–Kier alpha value is -1.77. The van der Waals surface area contributed by atoms with E-state index in [1.54, 1.807) is 24.3 Å². The van der Waals surface area contributed by atoms with E-state index < -0.39 is 20.6 Å². The van der Waals surface area contributed by atoms with Crippen molar-refractivity contribution in [2.24, 2.45) is 0 Å². The van der Waals surface area contributed by atoms with Crippen LogP contribution in [0, 0.1) is 10.1 Å². The Morgan fingerprint density at radius 3 is 2.36 bits per heavy atom. The van der Waals surface area contributed by atoms with E-state index in [2.05, 4.69) is 4.72 Å². The van der Waals surface area contributed by atoms with Gasteiger partial charge in [-0.2, -0.15) is 0 Å². The lowest BCUT2D eigenvalue weighted by Crippen LogP contribution is -2.13. The van der Waals surface area contributed by atoms with E-state index in [1.807, 2.05) is 6.26 Å². The summed E-state index contributed by atoms with van der Waals surface area (Å²) >= 11 is 7.21. The first-order valence-electron chi connectivity index (χ1n) is 5.94. The molecule has 0 spiro atoms. The van der Waals surface area contributed by atoms with Crippen LogP contribution in [0.1, 0.15) is 0 Å². The van der Waals surface area contributed by atoms with E-state index in [0.717, 1.165) is 11.0 Å². The molecule has 2 rings (SSSR count). The van der Waals surface area contributed by atoms with Crippen molar-refractivity contribution >= 4 is 44.8 Å². The molecular weight excluding hydrogens is 348 g/mol. The van der Waals surface area contributed by atoms with E-state index in [0.29, 0.717) is 5.69 Å². The van der Waals surface area contributed by atoms with Crippen LogP contribution in [0.3, 0.4) is 0 Å². The van der Waals surface area contributed by atoms with E-state index in [4.69, 9.17) is 11.6 Å². The first-order chi connectivity index (χ1) is 10.3. The van der Waals surface area contributed by atoms with Crippen LogP contribution >= 0.6 is 23.4 Å². The van der Waals surface area contributed by atoms with Gasteiger partial charge in [0.1, 0.15) is 5.02 Å². The Balaban J connectivity index is 2.33. The minimum Gasteiger partial charge on any atom is -0.280 e. The standard InChI is InChI=1S/C13H11ClN2O4S2/c1-21-10-4-2-9(3-5-10)15-22(19,20)11-6-7-12(14)13(8-11)16(17)18/h2-8,15H,1H3. The molecule has 1 N–H and O–H groups in total. The third-order valence-corrected chi connectivity index (χ3v) is 5.21. The summed E-state index contributed by atoms with van der Waals surface area (Å²) in [6.45, 7) is 0. The summed E-state index contributed by atoms with van der Waals surface area (Å²) in [6.07, 6.45) is 1.91. The molecular formula is C13H11ClN2O4S2. The van der Waals surface area contributed by atoms with Crippen molar-refractivity contribution in [3.8, 4) is 0 Å². The van der Waals surface area contributed by atoms with Crippen LogP contribution in [-0.2, 0) is 10.0 Å². The van der Waals surface area contributed by atoms with Crippen LogP contribution in [0.4, 0.5) is 11.4 Å². The van der Waals surface area contributed by atoms with Gasteiger partial charge in [-0.15, -0.1) is 11.8 Å². The fourth-order valence-corrected chi connectivity index (χ4v) is 3.35. The Labute approximate surface area is 136 Å². The molecule has 9 heteroatoms. The number of sulfonamides is 1. The van der Waals surface area contributed by atoms with E-state index in [1.165, 1.54) is 23.9 Å². The van der Waals surface area contributed by atoms with Crippen molar-refractivity contribution < 1.29 is 13.3 Å². The van der Waals surface area contributed by atoms with E-state index in [9.17, 15) is 18.5 Å². The van der Waals surface area contributed by atoms with Crippen LogP contribution in [-0.4, -0.2) is 19.6 Å². The van der Waals surface area contributed by atoms with Crippen molar-refractivity contribution in [2.75, 3.05) is 11.0 Å². The average Bonchev–Trinajstić information content (AvgIpc) is 2.47. The third kappa shape index (κ3) is 3.70. The van der Waals surface area contributed by atoms with Gasteiger partial charge in [0, 0.05) is 16.6 Å². The van der Waals surface area contributed by atoms with Gasteiger partial charge < -0.3 is 0 Å². The van der Waals surface area contributed by atoms with Crippen LogP contribution in [0.5, 0.6) is 0 Å².